The molecule has 0 aliphatic heterocycles. The second-order valence-electron chi connectivity index (χ2n) is 4.42. The molecule has 0 atom stereocenters. The van der Waals surface area contributed by atoms with Gasteiger partial charge in [-0.2, -0.15) is 0 Å². The van der Waals surface area contributed by atoms with Crippen LogP contribution >= 0.6 is 0 Å². The molecule has 0 unspecified atom stereocenters. The van der Waals surface area contributed by atoms with Crippen LogP contribution in [-0.4, -0.2) is 15.0 Å². The molecule has 0 spiro atoms. The number of hydrogen-bond acceptors (Lipinski definition) is 3. The van der Waals surface area contributed by atoms with Crippen LogP contribution in [0, 0.1) is 0 Å². The lowest BCUT2D eigenvalue weighted by molar-refractivity contribution is 0.0950. The Morgan fingerprint density at radius 1 is 1.10 bits per heavy atom. The summed E-state index contributed by atoms with van der Waals surface area (Å²) in [5.41, 5.74) is 0.183. The highest BCUT2D eigenvalue weighted by atomic mass is 16.2. The van der Waals surface area contributed by atoms with Crippen LogP contribution in [0.5, 0.6) is 0 Å². The molecule has 2 rings (SSSR count). The summed E-state index contributed by atoms with van der Waals surface area (Å²) in [4.78, 5) is 35.2. The van der Waals surface area contributed by atoms with Gasteiger partial charge in [-0.3, -0.25) is 18.7 Å². The molecular formula is C14H15N3O3. The molecular weight excluding hydrogens is 258 g/mol. The minimum absolute atomic E-state index is 0.121. The molecule has 1 N–H and O–H groups in total. The van der Waals surface area contributed by atoms with Gasteiger partial charge in [-0.25, -0.2) is 4.79 Å². The molecule has 0 radical (unpaired) electrons. The summed E-state index contributed by atoms with van der Waals surface area (Å²) in [7, 11) is 2.97. The van der Waals surface area contributed by atoms with Gasteiger partial charge in [0.2, 0.25) is 0 Å². The molecule has 1 aromatic heterocycles. The van der Waals surface area contributed by atoms with Crippen molar-refractivity contribution in [3.05, 3.63) is 68.5 Å². The van der Waals surface area contributed by atoms with E-state index in [4.69, 9.17) is 0 Å². The molecule has 20 heavy (non-hydrogen) atoms. The lowest BCUT2D eigenvalue weighted by Crippen LogP contribution is -2.39. The number of carbonyl (C=O) groups is 1. The Hall–Kier alpha value is -2.63. The smallest absolute Gasteiger partial charge is 0.330 e. The average molecular weight is 273 g/mol. The van der Waals surface area contributed by atoms with Gasteiger partial charge in [0, 0.05) is 31.4 Å². The summed E-state index contributed by atoms with van der Waals surface area (Å²) in [5, 5.41) is 2.68. The van der Waals surface area contributed by atoms with Crippen molar-refractivity contribution in [2.75, 3.05) is 0 Å². The minimum Gasteiger partial charge on any atom is -0.346 e. The van der Waals surface area contributed by atoms with Crippen LogP contribution in [0.25, 0.3) is 0 Å². The Labute approximate surface area is 115 Å². The molecule has 6 heteroatoms. The van der Waals surface area contributed by atoms with Gasteiger partial charge in [-0.1, -0.05) is 18.2 Å². The fraction of sp³-hybridized carbons (Fsp3) is 0.214. The summed E-state index contributed by atoms with van der Waals surface area (Å²) in [6, 6.07) is 10.1. The van der Waals surface area contributed by atoms with Crippen LogP contribution in [0.15, 0.2) is 46.0 Å². The molecule has 0 aliphatic carbocycles. The first-order chi connectivity index (χ1) is 9.50. The standard InChI is InChI=1S/C14H15N3O3/c1-16-11(8-12(18)17(2)14(16)20)9-15-13(19)10-6-4-3-5-7-10/h3-8H,9H2,1-2H3,(H,15,19). The number of rotatable bonds is 3. The Kier molecular flexibility index (Phi) is 3.84. The molecule has 6 nitrogen and oxygen atoms in total. The molecule has 0 aliphatic rings. The molecule has 1 heterocycles. The number of nitrogens with zero attached hydrogens (tertiary/aromatic N) is 2. The number of amides is 1. The third-order valence-electron chi connectivity index (χ3n) is 3.09. The highest BCUT2D eigenvalue weighted by molar-refractivity contribution is 5.94. The van der Waals surface area contributed by atoms with Crippen molar-refractivity contribution in [2.24, 2.45) is 14.1 Å². The first-order valence-corrected chi connectivity index (χ1v) is 6.10. The lowest BCUT2D eigenvalue weighted by atomic mass is 10.2. The van der Waals surface area contributed by atoms with E-state index in [1.54, 1.807) is 31.3 Å². The van der Waals surface area contributed by atoms with Crippen molar-refractivity contribution in [1.29, 1.82) is 0 Å². The predicted molar refractivity (Wildman–Crippen MR) is 74.5 cm³/mol. The normalized spacial score (nSPS) is 10.3. The second kappa shape index (κ2) is 5.56. The average Bonchev–Trinajstić information content (AvgIpc) is 2.48. The number of aromatic nitrogens is 2. The van der Waals surface area contributed by atoms with E-state index in [-0.39, 0.29) is 12.5 Å². The fourth-order valence-electron chi connectivity index (χ4n) is 1.81. The highest BCUT2D eigenvalue weighted by Crippen LogP contribution is 1.99. The van der Waals surface area contributed by atoms with Crippen molar-refractivity contribution in [1.82, 2.24) is 14.5 Å². The number of benzene rings is 1. The molecule has 104 valence electrons. The van der Waals surface area contributed by atoms with Gasteiger partial charge in [-0.05, 0) is 12.1 Å². The zero-order valence-corrected chi connectivity index (χ0v) is 11.3. The van der Waals surface area contributed by atoms with E-state index in [0.29, 0.717) is 11.3 Å². The quantitative estimate of drug-likeness (QED) is 0.856. The van der Waals surface area contributed by atoms with E-state index in [2.05, 4.69) is 5.32 Å². The van der Waals surface area contributed by atoms with Gasteiger partial charge in [0.25, 0.3) is 11.5 Å². The van der Waals surface area contributed by atoms with Crippen LogP contribution in [0.2, 0.25) is 0 Å². The topological polar surface area (TPSA) is 73.1 Å². The number of nitrogens with one attached hydrogen (secondary N) is 1. The van der Waals surface area contributed by atoms with E-state index < -0.39 is 11.2 Å². The zero-order chi connectivity index (χ0) is 14.7. The van der Waals surface area contributed by atoms with E-state index in [1.807, 2.05) is 6.07 Å². The third kappa shape index (κ3) is 2.69. The van der Waals surface area contributed by atoms with Gasteiger partial charge >= 0.3 is 5.69 Å². The van der Waals surface area contributed by atoms with Crippen LogP contribution in [0.3, 0.4) is 0 Å². The summed E-state index contributed by atoms with van der Waals surface area (Å²) < 4.78 is 2.36. The largest absolute Gasteiger partial charge is 0.346 e. The third-order valence-corrected chi connectivity index (χ3v) is 3.09. The maximum absolute atomic E-state index is 11.9. The molecule has 2 aromatic rings. The summed E-state index contributed by atoms with van der Waals surface area (Å²) >= 11 is 0. The van der Waals surface area contributed by atoms with Crippen molar-refractivity contribution < 1.29 is 4.79 Å². The predicted octanol–water partition coefficient (Wildman–Crippen LogP) is 0.0140. The first-order valence-electron chi connectivity index (χ1n) is 6.10. The van der Waals surface area contributed by atoms with Crippen molar-refractivity contribution in [3.63, 3.8) is 0 Å². The van der Waals surface area contributed by atoms with Crippen molar-refractivity contribution in [3.8, 4) is 0 Å². The van der Waals surface area contributed by atoms with Crippen LogP contribution in [0.1, 0.15) is 16.1 Å². The van der Waals surface area contributed by atoms with Crippen molar-refractivity contribution in [2.45, 2.75) is 6.54 Å². The van der Waals surface area contributed by atoms with Gasteiger partial charge < -0.3 is 5.32 Å². The van der Waals surface area contributed by atoms with Gasteiger partial charge in [0.15, 0.2) is 0 Å². The molecule has 0 saturated carbocycles. The number of hydrogen-bond donors (Lipinski definition) is 1. The molecule has 1 aromatic carbocycles. The first kappa shape index (κ1) is 13.8. The maximum Gasteiger partial charge on any atom is 0.330 e. The summed E-state index contributed by atoms with van der Waals surface area (Å²) in [6.07, 6.45) is 0. The van der Waals surface area contributed by atoms with E-state index in [1.165, 1.54) is 17.7 Å². The van der Waals surface area contributed by atoms with Gasteiger partial charge in [0.05, 0.1) is 6.54 Å². The highest BCUT2D eigenvalue weighted by Gasteiger charge is 2.08. The van der Waals surface area contributed by atoms with Crippen LogP contribution in [0.4, 0.5) is 0 Å². The zero-order valence-electron chi connectivity index (χ0n) is 11.3. The number of carbonyl (C=O) groups excluding carboxylic acids is 1. The fourth-order valence-corrected chi connectivity index (χ4v) is 1.81. The van der Waals surface area contributed by atoms with E-state index >= 15 is 0 Å². The molecule has 0 fully saturated rings. The van der Waals surface area contributed by atoms with E-state index in [9.17, 15) is 14.4 Å². The van der Waals surface area contributed by atoms with Gasteiger partial charge in [0.1, 0.15) is 0 Å². The van der Waals surface area contributed by atoms with Gasteiger partial charge in [-0.15, -0.1) is 0 Å². The van der Waals surface area contributed by atoms with Crippen LogP contribution < -0.4 is 16.6 Å². The molecule has 0 saturated heterocycles. The summed E-state index contributed by atoms with van der Waals surface area (Å²) in [5.74, 6) is -0.251. The maximum atomic E-state index is 11.9. The molecule has 0 bridgehead atoms. The van der Waals surface area contributed by atoms with E-state index in [0.717, 1.165) is 4.57 Å². The monoisotopic (exact) mass is 273 g/mol. The molecule has 1 amide bonds. The SMILES string of the molecule is Cn1c(CNC(=O)c2ccccc2)cc(=O)n(C)c1=O. The Morgan fingerprint density at radius 3 is 2.40 bits per heavy atom. The second-order valence-corrected chi connectivity index (χ2v) is 4.42. The van der Waals surface area contributed by atoms with Crippen LogP contribution in [-0.2, 0) is 20.6 Å². The Bertz CT molecular complexity index is 744. The Morgan fingerprint density at radius 2 is 1.75 bits per heavy atom. The van der Waals surface area contributed by atoms with Crippen molar-refractivity contribution >= 4 is 5.91 Å². The summed E-state index contributed by atoms with van der Waals surface area (Å²) in [6.45, 7) is 0.121. The Balaban J connectivity index is 2.19. The lowest BCUT2D eigenvalue weighted by Gasteiger charge is -2.10. The minimum atomic E-state index is -0.415.